The highest BCUT2D eigenvalue weighted by Crippen LogP contribution is 1.85. The summed E-state index contributed by atoms with van der Waals surface area (Å²) in [7, 11) is 0. The molecule has 0 aliphatic carbocycles. The summed E-state index contributed by atoms with van der Waals surface area (Å²) in [6.07, 6.45) is -0.566. The van der Waals surface area contributed by atoms with Crippen LogP contribution in [0.2, 0.25) is 0 Å². The maximum atomic E-state index is 10.5. The number of hydrogen-bond acceptors (Lipinski definition) is 4. The maximum absolute atomic E-state index is 10.5. The molecule has 0 saturated carbocycles. The number of ether oxygens (including phenoxy) is 1. The SMILES string of the molecule is CC(N)OC(=O)[C@@H](C)N. The fraction of sp³-hybridized carbons (Fsp3) is 0.800. The van der Waals surface area contributed by atoms with E-state index in [9.17, 15) is 4.79 Å². The zero-order valence-electron chi connectivity index (χ0n) is 5.63. The molecule has 0 bridgehead atoms. The third-order valence-corrected chi connectivity index (χ3v) is 0.674. The average molecular weight is 132 g/mol. The van der Waals surface area contributed by atoms with Crippen LogP contribution in [-0.4, -0.2) is 18.2 Å². The number of nitrogens with two attached hydrogens (primary N) is 2. The van der Waals surface area contributed by atoms with Crippen LogP contribution in [0.5, 0.6) is 0 Å². The van der Waals surface area contributed by atoms with Gasteiger partial charge in [0.1, 0.15) is 12.3 Å². The first-order valence-electron chi connectivity index (χ1n) is 2.75. The molecule has 0 fully saturated rings. The van der Waals surface area contributed by atoms with E-state index >= 15 is 0 Å². The van der Waals surface area contributed by atoms with E-state index < -0.39 is 18.2 Å². The van der Waals surface area contributed by atoms with Crippen LogP contribution < -0.4 is 11.5 Å². The van der Waals surface area contributed by atoms with Crippen molar-refractivity contribution >= 4 is 5.97 Å². The van der Waals surface area contributed by atoms with Gasteiger partial charge < -0.3 is 10.5 Å². The second-order valence-corrected chi connectivity index (χ2v) is 1.93. The van der Waals surface area contributed by atoms with Crippen LogP contribution in [0.3, 0.4) is 0 Å². The predicted octanol–water partition coefficient (Wildman–Crippen LogP) is -0.818. The molecule has 0 aliphatic rings. The Hall–Kier alpha value is -0.610. The quantitative estimate of drug-likeness (QED) is 0.380. The van der Waals surface area contributed by atoms with Gasteiger partial charge in [-0.3, -0.25) is 10.5 Å². The van der Waals surface area contributed by atoms with Crippen molar-refractivity contribution in [2.24, 2.45) is 11.5 Å². The summed E-state index contributed by atoms with van der Waals surface area (Å²) in [6.45, 7) is 3.12. The van der Waals surface area contributed by atoms with Gasteiger partial charge in [-0.2, -0.15) is 0 Å². The monoisotopic (exact) mass is 132 g/mol. The second-order valence-electron chi connectivity index (χ2n) is 1.93. The Kier molecular flexibility index (Phi) is 3.19. The molecule has 0 heterocycles. The van der Waals surface area contributed by atoms with Gasteiger partial charge in [0.05, 0.1) is 0 Å². The molecule has 0 aromatic rings. The van der Waals surface area contributed by atoms with Gasteiger partial charge in [-0.15, -0.1) is 0 Å². The first-order valence-corrected chi connectivity index (χ1v) is 2.75. The van der Waals surface area contributed by atoms with Gasteiger partial charge >= 0.3 is 5.97 Å². The van der Waals surface area contributed by atoms with Crippen LogP contribution >= 0.6 is 0 Å². The number of carbonyl (C=O) groups excluding carboxylic acids is 1. The summed E-state index contributed by atoms with van der Waals surface area (Å²) in [4.78, 5) is 10.5. The van der Waals surface area contributed by atoms with Gasteiger partial charge in [0, 0.05) is 0 Å². The Morgan fingerprint density at radius 3 is 2.00 bits per heavy atom. The minimum atomic E-state index is -0.587. The molecule has 4 nitrogen and oxygen atoms in total. The van der Waals surface area contributed by atoms with Crippen molar-refractivity contribution in [3.8, 4) is 0 Å². The van der Waals surface area contributed by atoms with Crippen LogP contribution in [0.15, 0.2) is 0 Å². The van der Waals surface area contributed by atoms with Crippen LogP contribution in [-0.2, 0) is 9.53 Å². The smallest absolute Gasteiger partial charge is 0.324 e. The highest BCUT2D eigenvalue weighted by molar-refractivity contribution is 5.74. The standard InChI is InChI=1S/C5H12N2O2/c1-3(6)5(8)9-4(2)7/h3-4H,6-7H2,1-2H3/t3-,4?/m1/s1. The first-order chi connectivity index (χ1) is 4.04. The van der Waals surface area contributed by atoms with Gasteiger partial charge in [0.25, 0.3) is 0 Å². The van der Waals surface area contributed by atoms with Crippen LogP contribution in [0, 0.1) is 0 Å². The van der Waals surface area contributed by atoms with Crippen LogP contribution in [0.1, 0.15) is 13.8 Å². The van der Waals surface area contributed by atoms with Crippen molar-refractivity contribution in [2.45, 2.75) is 26.1 Å². The maximum Gasteiger partial charge on any atom is 0.324 e. The molecular formula is C5H12N2O2. The van der Waals surface area contributed by atoms with Gasteiger partial charge in [0.2, 0.25) is 0 Å². The number of carbonyl (C=O) groups is 1. The Morgan fingerprint density at radius 2 is 1.89 bits per heavy atom. The van der Waals surface area contributed by atoms with E-state index in [1.807, 2.05) is 0 Å². The van der Waals surface area contributed by atoms with E-state index in [1.165, 1.54) is 0 Å². The fourth-order valence-electron chi connectivity index (χ4n) is 0.291. The average Bonchev–Trinajstić information content (AvgIpc) is 1.63. The molecule has 0 amide bonds. The Bertz CT molecular complexity index is 101. The summed E-state index contributed by atoms with van der Waals surface area (Å²) in [6, 6.07) is -0.587. The van der Waals surface area contributed by atoms with E-state index in [0.717, 1.165) is 0 Å². The topological polar surface area (TPSA) is 78.3 Å². The summed E-state index contributed by atoms with van der Waals surface area (Å²) >= 11 is 0. The second kappa shape index (κ2) is 3.42. The van der Waals surface area contributed by atoms with Gasteiger partial charge in [-0.05, 0) is 13.8 Å². The Morgan fingerprint density at radius 1 is 1.44 bits per heavy atom. The first kappa shape index (κ1) is 8.39. The van der Waals surface area contributed by atoms with E-state index in [4.69, 9.17) is 11.5 Å². The molecule has 0 radical (unpaired) electrons. The fourth-order valence-corrected chi connectivity index (χ4v) is 0.291. The van der Waals surface area contributed by atoms with Crippen LogP contribution in [0.25, 0.3) is 0 Å². The van der Waals surface area contributed by atoms with E-state index in [1.54, 1.807) is 13.8 Å². The highest BCUT2D eigenvalue weighted by atomic mass is 16.6. The number of esters is 1. The Labute approximate surface area is 54.2 Å². The van der Waals surface area contributed by atoms with Gasteiger partial charge in [-0.1, -0.05) is 0 Å². The molecule has 0 rings (SSSR count). The van der Waals surface area contributed by atoms with Crippen molar-refractivity contribution in [2.75, 3.05) is 0 Å². The molecule has 4 heteroatoms. The zero-order chi connectivity index (χ0) is 7.44. The molecule has 0 aromatic carbocycles. The summed E-state index contributed by atoms with van der Waals surface area (Å²) < 4.78 is 4.53. The highest BCUT2D eigenvalue weighted by Gasteiger charge is 2.09. The van der Waals surface area contributed by atoms with Crippen molar-refractivity contribution < 1.29 is 9.53 Å². The van der Waals surface area contributed by atoms with E-state index in [0.29, 0.717) is 0 Å². The van der Waals surface area contributed by atoms with Crippen molar-refractivity contribution in [1.29, 1.82) is 0 Å². The summed E-state index contributed by atoms with van der Waals surface area (Å²) in [5.41, 5.74) is 10.3. The third-order valence-electron chi connectivity index (χ3n) is 0.674. The lowest BCUT2D eigenvalue weighted by Gasteiger charge is -2.08. The molecule has 9 heavy (non-hydrogen) atoms. The zero-order valence-corrected chi connectivity index (χ0v) is 5.63. The lowest BCUT2D eigenvalue weighted by molar-refractivity contribution is -0.149. The summed E-state index contributed by atoms with van der Waals surface area (Å²) in [5, 5.41) is 0. The number of hydrogen-bond donors (Lipinski definition) is 2. The minimum absolute atomic E-state index is 0.468. The predicted molar refractivity (Wildman–Crippen MR) is 33.4 cm³/mol. The van der Waals surface area contributed by atoms with E-state index in [-0.39, 0.29) is 0 Å². The van der Waals surface area contributed by atoms with Crippen molar-refractivity contribution in [3.05, 3.63) is 0 Å². The molecular weight excluding hydrogens is 120 g/mol. The van der Waals surface area contributed by atoms with Crippen molar-refractivity contribution in [3.63, 3.8) is 0 Å². The molecule has 0 aromatic heterocycles. The molecule has 2 atom stereocenters. The molecule has 0 spiro atoms. The molecule has 54 valence electrons. The van der Waals surface area contributed by atoms with Crippen molar-refractivity contribution in [1.82, 2.24) is 0 Å². The van der Waals surface area contributed by atoms with E-state index in [2.05, 4.69) is 4.74 Å². The Balaban J connectivity index is 3.51. The molecule has 1 unspecified atom stereocenters. The third kappa shape index (κ3) is 3.93. The lowest BCUT2D eigenvalue weighted by atomic mass is 10.4. The molecule has 4 N–H and O–H groups in total. The largest absolute Gasteiger partial charge is 0.446 e. The summed E-state index contributed by atoms with van der Waals surface area (Å²) in [5.74, 6) is -0.468. The minimum Gasteiger partial charge on any atom is -0.446 e. The molecule has 0 saturated heterocycles. The normalized spacial score (nSPS) is 16.4. The van der Waals surface area contributed by atoms with Crippen LogP contribution in [0.4, 0.5) is 0 Å². The van der Waals surface area contributed by atoms with Gasteiger partial charge in [-0.25, -0.2) is 0 Å². The lowest BCUT2D eigenvalue weighted by Crippen LogP contribution is -2.34. The van der Waals surface area contributed by atoms with Gasteiger partial charge in [0.15, 0.2) is 0 Å². The number of rotatable bonds is 2. The molecule has 0 aliphatic heterocycles.